The molecule has 0 saturated carbocycles. The summed E-state index contributed by atoms with van der Waals surface area (Å²) in [5.41, 5.74) is 0.448. The van der Waals surface area contributed by atoms with Crippen LogP contribution in [0.5, 0.6) is 0 Å². The molecule has 23 nitrogen and oxygen atoms in total. The molecule has 0 atom stereocenters. The molecule has 8 aromatic rings. The third-order valence-electron chi connectivity index (χ3n) is 11.0. The van der Waals surface area contributed by atoms with E-state index in [1.165, 1.54) is 109 Å². The number of hydrogen-bond acceptors (Lipinski definition) is 13. The summed E-state index contributed by atoms with van der Waals surface area (Å²) in [5, 5.41) is 15.7. The van der Waals surface area contributed by atoms with Crippen LogP contribution in [0.1, 0.15) is 41.4 Å². The van der Waals surface area contributed by atoms with E-state index < -0.39 is 89.7 Å². The van der Waals surface area contributed by atoms with E-state index >= 15 is 0 Å². The summed E-state index contributed by atoms with van der Waals surface area (Å²) in [4.78, 5) is 64.3. The smallest absolute Gasteiger partial charge is 0.322 e. The van der Waals surface area contributed by atoms with Gasteiger partial charge in [-0.3, -0.25) is 37.4 Å². The standard InChI is InChI=1S/C49H36N6O17S4/c56-45(50-33-9-1-7-29(17-33)47(58)54-43-25-39(75(67,68)69)23-31-21-37(73(61,62)63)13-15-41(31)43)27-5-3-11-35(19-27)52-49(60)53-36-12-4-6-28(20-36)46(57)51-34-10-2-8-30(18-34)48(59)55-44-26-40(76(70,71)72)24-32-22-38(74(64,65)66)14-16-42(32)44/h1-26H,(H,50,56)(H,51,57)(H,54,58)(H,55,59)(H2,52,53,60)(H,61,62,63)(H,64,65,66)(H,67,68,69)(H,70,71,72). The number of amides is 6. The van der Waals surface area contributed by atoms with Gasteiger partial charge in [0.05, 0.1) is 31.0 Å². The summed E-state index contributed by atoms with van der Waals surface area (Å²) in [7, 11) is -19.1. The summed E-state index contributed by atoms with van der Waals surface area (Å²) in [6, 6.07) is 32.2. The Morgan fingerprint density at radius 3 is 0.882 bits per heavy atom. The van der Waals surface area contributed by atoms with Crippen LogP contribution >= 0.6 is 0 Å². The van der Waals surface area contributed by atoms with Gasteiger partial charge >= 0.3 is 6.03 Å². The van der Waals surface area contributed by atoms with Crippen LogP contribution in [0.2, 0.25) is 0 Å². The minimum absolute atomic E-state index is 0.0212. The van der Waals surface area contributed by atoms with E-state index in [1.54, 1.807) is 0 Å². The number of carbonyl (C=O) groups excluding carboxylic acids is 5. The molecule has 0 fully saturated rings. The van der Waals surface area contributed by atoms with E-state index in [-0.39, 0.29) is 77.9 Å². The Kier molecular flexibility index (Phi) is 14.6. The Labute approximate surface area is 431 Å². The summed E-state index contributed by atoms with van der Waals surface area (Å²) in [5.74, 6) is -2.92. The Morgan fingerprint density at radius 1 is 0.303 bits per heavy atom. The van der Waals surface area contributed by atoms with Gasteiger partial charge in [-0.2, -0.15) is 33.7 Å². The summed E-state index contributed by atoms with van der Waals surface area (Å²) in [6.45, 7) is 0. The highest BCUT2D eigenvalue weighted by Crippen LogP contribution is 2.33. The number of urea groups is 1. The van der Waals surface area contributed by atoms with Crippen LogP contribution in [0.3, 0.4) is 0 Å². The third kappa shape index (κ3) is 12.7. The molecule has 0 aromatic heterocycles. The molecule has 0 heterocycles. The number of rotatable bonds is 14. The fourth-order valence-electron chi connectivity index (χ4n) is 7.51. The molecule has 27 heteroatoms. The Bertz CT molecular complexity index is 3970. The number of carbonyl (C=O) groups is 5. The maximum absolute atomic E-state index is 13.4. The molecule has 10 N–H and O–H groups in total. The van der Waals surface area contributed by atoms with Crippen molar-refractivity contribution in [1.82, 2.24) is 0 Å². The monoisotopic (exact) mass is 1110 g/mol. The van der Waals surface area contributed by atoms with Gasteiger partial charge in [0, 0.05) is 55.8 Å². The Hall–Kier alpha value is -8.93. The van der Waals surface area contributed by atoms with Gasteiger partial charge in [0.2, 0.25) is 0 Å². The van der Waals surface area contributed by atoms with E-state index in [0.29, 0.717) is 0 Å². The van der Waals surface area contributed by atoms with Gasteiger partial charge in [0.25, 0.3) is 64.1 Å². The molecule has 8 rings (SSSR count). The molecule has 0 spiro atoms. The molecular formula is C49H36N6O17S4. The van der Waals surface area contributed by atoms with Crippen molar-refractivity contribution in [3.63, 3.8) is 0 Å². The molecule has 0 unspecified atom stereocenters. The number of nitrogens with one attached hydrogen (secondary N) is 6. The van der Waals surface area contributed by atoms with Crippen molar-refractivity contribution in [1.29, 1.82) is 0 Å². The zero-order chi connectivity index (χ0) is 54.9. The number of benzene rings is 8. The Balaban J connectivity index is 0.892. The second-order valence-electron chi connectivity index (χ2n) is 16.3. The molecular weight excluding hydrogens is 1070 g/mol. The average molecular weight is 1110 g/mol. The van der Waals surface area contributed by atoms with Crippen molar-refractivity contribution in [2.24, 2.45) is 0 Å². The van der Waals surface area contributed by atoms with E-state index in [2.05, 4.69) is 31.9 Å². The topological polar surface area (TPSA) is 375 Å². The highest BCUT2D eigenvalue weighted by Gasteiger charge is 2.21. The van der Waals surface area contributed by atoms with Crippen LogP contribution in [0.15, 0.2) is 177 Å². The van der Waals surface area contributed by atoms with Crippen molar-refractivity contribution < 1.29 is 75.9 Å². The number of anilines is 6. The molecule has 76 heavy (non-hydrogen) atoms. The van der Waals surface area contributed by atoms with Gasteiger partial charge in [-0.1, -0.05) is 36.4 Å². The van der Waals surface area contributed by atoms with Crippen LogP contribution in [-0.4, -0.2) is 81.5 Å². The van der Waals surface area contributed by atoms with Crippen molar-refractivity contribution in [2.75, 3.05) is 31.9 Å². The largest absolute Gasteiger partial charge is 0.323 e. The van der Waals surface area contributed by atoms with E-state index in [4.69, 9.17) is 0 Å². The predicted molar refractivity (Wildman–Crippen MR) is 277 cm³/mol. The van der Waals surface area contributed by atoms with Gasteiger partial charge in [-0.15, -0.1) is 0 Å². The number of fused-ring (bicyclic) bond motifs is 2. The molecule has 0 saturated heterocycles. The Morgan fingerprint density at radius 2 is 0.579 bits per heavy atom. The quantitative estimate of drug-likeness (QED) is 0.0468. The summed E-state index contributed by atoms with van der Waals surface area (Å²) in [6.07, 6.45) is 0. The van der Waals surface area contributed by atoms with Gasteiger partial charge in [-0.05, 0) is 132 Å². The maximum Gasteiger partial charge on any atom is 0.323 e. The van der Waals surface area contributed by atoms with Crippen molar-refractivity contribution >= 4 is 126 Å². The van der Waals surface area contributed by atoms with Crippen LogP contribution in [-0.2, 0) is 40.5 Å². The van der Waals surface area contributed by atoms with Crippen molar-refractivity contribution in [3.8, 4) is 0 Å². The lowest BCUT2D eigenvalue weighted by Gasteiger charge is -2.13. The van der Waals surface area contributed by atoms with E-state index in [0.717, 1.165) is 48.5 Å². The van der Waals surface area contributed by atoms with Gasteiger partial charge in [0.1, 0.15) is 0 Å². The molecule has 0 radical (unpaired) electrons. The molecule has 0 aliphatic carbocycles. The van der Waals surface area contributed by atoms with Crippen LogP contribution < -0.4 is 31.9 Å². The zero-order valence-electron chi connectivity index (χ0n) is 38.2. The minimum atomic E-state index is -4.85. The van der Waals surface area contributed by atoms with Gasteiger partial charge in [-0.25, -0.2) is 4.79 Å². The molecule has 6 amide bonds. The predicted octanol–water partition coefficient (Wildman–Crippen LogP) is 7.63. The van der Waals surface area contributed by atoms with E-state index in [9.17, 15) is 75.9 Å². The SMILES string of the molecule is O=C(Nc1cccc(C(=O)Nc2cccc(C(=O)Nc3cc(S(=O)(=O)O)cc4cc(S(=O)(=O)O)ccc34)c2)c1)Nc1cccc(C(=O)Nc2cccc(C(=O)Nc3cc(S(=O)(=O)O)cc4cc(S(=O)(=O)O)ccc34)c2)c1. The second-order valence-corrected chi connectivity index (χ2v) is 22.0. The van der Waals surface area contributed by atoms with Crippen LogP contribution in [0, 0.1) is 0 Å². The lowest BCUT2D eigenvalue weighted by atomic mass is 10.1. The molecule has 0 aliphatic rings. The first-order chi connectivity index (χ1) is 35.7. The van der Waals surface area contributed by atoms with Crippen molar-refractivity contribution in [2.45, 2.75) is 19.6 Å². The first-order valence-electron chi connectivity index (χ1n) is 21.5. The van der Waals surface area contributed by atoms with Gasteiger partial charge < -0.3 is 31.9 Å². The van der Waals surface area contributed by atoms with Gasteiger partial charge in [0.15, 0.2) is 0 Å². The first-order valence-corrected chi connectivity index (χ1v) is 27.2. The number of hydrogen-bond donors (Lipinski definition) is 10. The van der Waals surface area contributed by atoms with E-state index in [1.807, 2.05) is 0 Å². The normalized spacial score (nSPS) is 11.8. The summed E-state index contributed by atoms with van der Waals surface area (Å²) < 4.78 is 133. The lowest BCUT2D eigenvalue weighted by Crippen LogP contribution is -2.20. The molecule has 0 aliphatic heterocycles. The molecule has 8 aromatic carbocycles. The highest BCUT2D eigenvalue weighted by molar-refractivity contribution is 7.86. The maximum atomic E-state index is 13.4. The first kappa shape index (κ1) is 53.4. The lowest BCUT2D eigenvalue weighted by molar-refractivity contribution is 0.101. The average Bonchev–Trinajstić information content (AvgIpc) is 3.35. The summed E-state index contributed by atoms with van der Waals surface area (Å²) >= 11 is 0. The molecule has 388 valence electrons. The molecule has 0 bridgehead atoms. The zero-order valence-corrected chi connectivity index (χ0v) is 41.5. The van der Waals surface area contributed by atoms with Crippen LogP contribution in [0.25, 0.3) is 21.5 Å². The fourth-order valence-corrected chi connectivity index (χ4v) is 9.63. The highest BCUT2D eigenvalue weighted by atomic mass is 32.2. The fraction of sp³-hybridized carbons (Fsp3) is 0. The second kappa shape index (κ2) is 20.8. The third-order valence-corrected chi connectivity index (χ3v) is 14.4. The minimum Gasteiger partial charge on any atom is -0.322 e. The van der Waals surface area contributed by atoms with Crippen LogP contribution in [0.4, 0.5) is 38.9 Å². The van der Waals surface area contributed by atoms with Crippen molar-refractivity contribution in [3.05, 3.63) is 180 Å².